The lowest BCUT2D eigenvalue weighted by Gasteiger charge is -2.23. The molecule has 1 aromatic carbocycles. The first-order chi connectivity index (χ1) is 22.2. The third-order valence-corrected chi connectivity index (χ3v) is 8.43. The second kappa shape index (κ2) is 26.0. The third-order valence-electron chi connectivity index (χ3n) is 8.43. The van der Waals surface area contributed by atoms with E-state index in [0.717, 1.165) is 19.3 Å². The van der Waals surface area contributed by atoms with E-state index < -0.39 is 12.0 Å². The highest BCUT2D eigenvalue weighted by molar-refractivity contribution is 6.04. The van der Waals surface area contributed by atoms with Crippen LogP contribution in [0.15, 0.2) is 36.0 Å². The van der Waals surface area contributed by atoms with Crippen molar-refractivity contribution in [1.29, 1.82) is 0 Å². The van der Waals surface area contributed by atoms with Gasteiger partial charge in [0.25, 0.3) is 0 Å². The van der Waals surface area contributed by atoms with Crippen LogP contribution in [-0.2, 0) is 14.4 Å². The smallest absolute Gasteiger partial charge is 0.311 e. The Bertz CT molecular complexity index is 1030. The van der Waals surface area contributed by atoms with E-state index in [1.807, 2.05) is 13.8 Å². The summed E-state index contributed by atoms with van der Waals surface area (Å²) in [5.74, 6) is -1.12. The molecule has 0 fully saturated rings. The quantitative estimate of drug-likeness (QED) is 0.0291. The Morgan fingerprint density at radius 2 is 1.26 bits per heavy atom. The van der Waals surface area contributed by atoms with Crippen molar-refractivity contribution in [2.24, 2.45) is 11.7 Å². The molecule has 0 aliphatic carbocycles. The topological polar surface area (TPSA) is 128 Å². The Kier molecular flexibility index (Phi) is 23.1. The minimum Gasteiger partial charge on any atom is -0.427 e. The van der Waals surface area contributed by atoms with Crippen LogP contribution in [0.3, 0.4) is 0 Å². The minimum atomic E-state index is -0.647. The van der Waals surface area contributed by atoms with Crippen LogP contribution in [0.25, 0.3) is 0 Å². The molecule has 2 amide bonds. The van der Waals surface area contributed by atoms with Crippen molar-refractivity contribution in [3.05, 3.63) is 41.6 Å². The molecule has 0 aliphatic heterocycles. The molecule has 4 N–H and O–H groups in total. The zero-order chi connectivity index (χ0) is 34.0. The number of allylic oxidation sites excluding steroid dienone is 2. The predicted octanol–water partition coefficient (Wildman–Crippen LogP) is 8.33. The van der Waals surface area contributed by atoms with Crippen molar-refractivity contribution in [2.45, 2.75) is 156 Å². The number of ether oxygens (including phenoxy) is 1. The van der Waals surface area contributed by atoms with Gasteiger partial charge in [-0.25, -0.2) is 0 Å². The van der Waals surface area contributed by atoms with Gasteiger partial charge in [0.05, 0.1) is 6.42 Å². The van der Waals surface area contributed by atoms with E-state index in [4.69, 9.17) is 10.5 Å². The lowest BCUT2D eigenvalue weighted by molar-refractivity contribution is -0.137. The van der Waals surface area contributed by atoms with Crippen LogP contribution in [0.4, 0.5) is 0 Å². The number of amides is 2. The maximum Gasteiger partial charge on any atom is 0.311 e. The van der Waals surface area contributed by atoms with E-state index in [2.05, 4.69) is 17.6 Å². The van der Waals surface area contributed by atoms with Gasteiger partial charge < -0.3 is 21.1 Å². The van der Waals surface area contributed by atoms with Crippen molar-refractivity contribution < 1.29 is 23.9 Å². The predicted molar refractivity (Wildman–Crippen MR) is 188 cm³/mol. The molecule has 0 aromatic heterocycles. The van der Waals surface area contributed by atoms with Gasteiger partial charge in [0.1, 0.15) is 11.8 Å². The summed E-state index contributed by atoms with van der Waals surface area (Å²) in [7, 11) is 0. The van der Waals surface area contributed by atoms with Gasteiger partial charge in [-0.2, -0.15) is 0 Å². The molecule has 1 rings (SSSR count). The largest absolute Gasteiger partial charge is 0.427 e. The fourth-order valence-electron chi connectivity index (χ4n) is 5.32. The summed E-state index contributed by atoms with van der Waals surface area (Å²) >= 11 is 0. The first kappa shape index (κ1) is 40.9. The van der Waals surface area contributed by atoms with Gasteiger partial charge in [-0.15, -0.1) is 0 Å². The van der Waals surface area contributed by atoms with Crippen LogP contribution in [0.2, 0.25) is 0 Å². The van der Waals surface area contributed by atoms with E-state index in [0.29, 0.717) is 17.8 Å². The maximum absolute atomic E-state index is 12.9. The Labute approximate surface area is 279 Å². The van der Waals surface area contributed by atoms with E-state index in [1.165, 1.54) is 108 Å². The molecule has 8 heteroatoms. The Balaban J connectivity index is 2.21. The van der Waals surface area contributed by atoms with Crippen LogP contribution < -0.4 is 21.1 Å². The maximum atomic E-state index is 12.9. The monoisotopic (exact) mass is 641 g/mol. The molecular formula is C38H63N3O5. The highest BCUT2D eigenvalue weighted by Crippen LogP contribution is 2.16. The average Bonchev–Trinajstić information content (AvgIpc) is 3.03. The van der Waals surface area contributed by atoms with Gasteiger partial charge in [0.2, 0.25) is 11.8 Å². The molecule has 8 nitrogen and oxygen atoms in total. The number of unbranched alkanes of at least 4 members (excludes halogenated alkanes) is 15. The molecule has 2 atom stereocenters. The molecule has 0 saturated heterocycles. The van der Waals surface area contributed by atoms with Crippen LogP contribution in [0.5, 0.6) is 5.75 Å². The SMILES string of the molecule is CCCCCCCCCCCCCCCCCCNC(=O)[C@@H](NC(=O)CCC(=O)Oc1ccc(C(=O)/C=C(/C)N)cc1)[C@@H](C)CC. The molecule has 260 valence electrons. The number of carbonyl (C=O) groups excluding carboxylic acids is 4. The normalized spacial score (nSPS) is 12.7. The van der Waals surface area contributed by atoms with Crippen molar-refractivity contribution in [3.8, 4) is 5.75 Å². The van der Waals surface area contributed by atoms with Crippen molar-refractivity contribution in [1.82, 2.24) is 10.6 Å². The van der Waals surface area contributed by atoms with Gasteiger partial charge in [0, 0.05) is 30.3 Å². The van der Waals surface area contributed by atoms with Gasteiger partial charge in [-0.3, -0.25) is 19.2 Å². The van der Waals surface area contributed by atoms with E-state index in [-0.39, 0.29) is 42.1 Å². The Morgan fingerprint density at radius 1 is 0.761 bits per heavy atom. The molecule has 0 bridgehead atoms. The summed E-state index contributed by atoms with van der Waals surface area (Å²) in [6.07, 6.45) is 22.7. The molecule has 0 heterocycles. The third kappa shape index (κ3) is 20.1. The number of hydrogen-bond donors (Lipinski definition) is 3. The second-order valence-electron chi connectivity index (χ2n) is 12.8. The molecule has 0 unspecified atom stereocenters. The second-order valence-corrected chi connectivity index (χ2v) is 12.8. The number of ketones is 1. The van der Waals surface area contributed by atoms with Gasteiger partial charge in [0.15, 0.2) is 5.78 Å². The number of esters is 1. The summed E-state index contributed by atoms with van der Waals surface area (Å²) in [5.41, 5.74) is 6.37. The molecule has 0 spiro atoms. The zero-order valence-electron chi connectivity index (χ0n) is 29.3. The number of carbonyl (C=O) groups is 4. The Hall–Kier alpha value is -3.16. The van der Waals surface area contributed by atoms with Gasteiger partial charge in [-0.05, 0) is 43.5 Å². The van der Waals surface area contributed by atoms with Crippen LogP contribution >= 0.6 is 0 Å². The minimum absolute atomic E-state index is 0.0409. The van der Waals surface area contributed by atoms with Gasteiger partial charge >= 0.3 is 5.97 Å². The number of nitrogens with one attached hydrogen (secondary N) is 2. The van der Waals surface area contributed by atoms with Crippen molar-refractivity contribution in [3.63, 3.8) is 0 Å². The first-order valence-corrected chi connectivity index (χ1v) is 18.0. The molecule has 0 aliphatic rings. The lowest BCUT2D eigenvalue weighted by atomic mass is 9.98. The number of benzene rings is 1. The van der Waals surface area contributed by atoms with Crippen LogP contribution in [0.1, 0.15) is 160 Å². The first-order valence-electron chi connectivity index (χ1n) is 18.0. The lowest BCUT2D eigenvalue weighted by Crippen LogP contribution is -2.50. The summed E-state index contributed by atoms with van der Waals surface area (Å²) in [6.45, 7) is 8.41. The fourth-order valence-corrected chi connectivity index (χ4v) is 5.32. The van der Waals surface area contributed by atoms with Crippen molar-refractivity contribution in [2.75, 3.05) is 6.54 Å². The standard InChI is InChI=1S/C38H63N3O5/c1-5-7-8-9-10-11-12-13-14-15-16-17-18-19-20-21-28-40-38(45)37(30(3)6-2)41-35(43)26-27-36(44)46-33-24-22-32(23-25-33)34(42)29-31(4)39/h22-25,29-30,37H,5-21,26-28,39H2,1-4H3,(H,40,45)(H,41,43)/b31-29-/t30-,37-/m0/s1. The number of hydrogen-bond acceptors (Lipinski definition) is 6. The number of rotatable bonds is 27. The van der Waals surface area contributed by atoms with Gasteiger partial charge in [-0.1, -0.05) is 124 Å². The number of nitrogens with two attached hydrogens (primary N) is 1. The zero-order valence-corrected chi connectivity index (χ0v) is 29.3. The van der Waals surface area contributed by atoms with Crippen molar-refractivity contribution >= 4 is 23.6 Å². The van der Waals surface area contributed by atoms with E-state index >= 15 is 0 Å². The van der Waals surface area contributed by atoms with E-state index in [1.54, 1.807) is 19.1 Å². The molecule has 0 saturated carbocycles. The molecule has 46 heavy (non-hydrogen) atoms. The fraction of sp³-hybridized carbons (Fsp3) is 0.684. The highest BCUT2D eigenvalue weighted by Gasteiger charge is 2.25. The average molecular weight is 642 g/mol. The highest BCUT2D eigenvalue weighted by atomic mass is 16.5. The van der Waals surface area contributed by atoms with Crippen LogP contribution in [-0.4, -0.2) is 36.2 Å². The van der Waals surface area contributed by atoms with E-state index in [9.17, 15) is 19.2 Å². The molecule has 0 radical (unpaired) electrons. The Morgan fingerprint density at radius 3 is 1.74 bits per heavy atom. The molecule has 1 aromatic rings. The molecular weight excluding hydrogens is 578 g/mol. The van der Waals surface area contributed by atoms with Crippen LogP contribution in [0, 0.1) is 5.92 Å². The summed E-state index contributed by atoms with van der Waals surface area (Å²) in [5, 5.41) is 5.81. The summed E-state index contributed by atoms with van der Waals surface area (Å²) in [6, 6.07) is 5.49. The summed E-state index contributed by atoms with van der Waals surface area (Å²) in [4.78, 5) is 49.9. The summed E-state index contributed by atoms with van der Waals surface area (Å²) < 4.78 is 5.30.